The Morgan fingerprint density at radius 2 is 1.95 bits per heavy atom. The van der Waals surface area contributed by atoms with Crippen LogP contribution in [-0.4, -0.2) is 25.7 Å². The number of rotatable bonds is 3. The summed E-state index contributed by atoms with van der Waals surface area (Å²) in [4.78, 5) is 15.5. The zero-order valence-electron chi connectivity index (χ0n) is 13.5. The van der Waals surface area contributed by atoms with Gasteiger partial charge in [0.1, 0.15) is 4.88 Å². The first-order chi connectivity index (χ1) is 10.5. The number of anilines is 1. The number of esters is 1. The standard InChI is InChI=1S/C18H23NO2S/c1-4-21-17(20)16-15(13-7-5-6-8-14(13)22-16)19-11-9-18(2,3)10-12-19/h5-8H,4,9-12H2,1-3H3. The third-order valence-electron chi connectivity index (χ3n) is 4.46. The van der Waals surface area contributed by atoms with E-state index in [4.69, 9.17) is 4.74 Å². The molecule has 0 bridgehead atoms. The summed E-state index contributed by atoms with van der Waals surface area (Å²) in [5.74, 6) is -0.191. The lowest BCUT2D eigenvalue weighted by atomic mass is 9.82. The Morgan fingerprint density at radius 1 is 1.27 bits per heavy atom. The lowest BCUT2D eigenvalue weighted by Gasteiger charge is -2.38. The first-order valence-corrected chi connectivity index (χ1v) is 8.77. The first kappa shape index (κ1) is 15.3. The number of carbonyl (C=O) groups excluding carboxylic acids is 1. The number of carbonyl (C=O) groups is 1. The van der Waals surface area contributed by atoms with Gasteiger partial charge >= 0.3 is 5.97 Å². The fourth-order valence-electron chi connectivity index (χ4n) is 3.02. The van der Waals surface area contributed by atoms with Crippen LogP contribution in [0.25, 0.3) is 10.1 Å². The molecule has 4 heteroatoms. The summed E-state index contributed by atoms with van der Waals surface area (Å²) in [6.45, 7) is 8.92. The van der Waals surface area contributed by atoms with Gasteiger partial charge in [0.05, 0.1) is 12.3 Å². The molecule has 0 N–H and O–H groups in total. The highest BCUT2D eigenvalue weighted by molar-refractivity contribution is 7.21. The van der Waals surface area contributed by atoms with E-state index in [2.05, 4.69) is 30.9 Å². The molecule has 1 aliphatic heterocycles. The van der Waals surface area contributed by atoms with Gasteiger partial charge in [0.15, 0.2) is 0 Å². The van der Waals surface area contributed by atoms with Crippen molar-refractivity contribution in [3.8, 4) is 0 Å². The molecule has 2 heterocycles. The number of fused-ring (bicyclic) bond motifs is 1. The van der Waals surface area contributed by atoms with E-state index in [1.54, 1.807) is 11.3 Å². The van der Waals surface area contributed by atoms with Crippen molar-refractivity contribution in [2.24, 2.45) is 5.41 Å². The average Bonchev–Trinajstić information content (AvgIpc) is 2.87. The molecule has 1 aliphatic rings. The molecule has 22 heavy (non-hydrogen) atoms. The number of thiophene rings is 1. The number of piperidine rings is 1. The van der Waals surface area contributed by atoms with Crippen molar-refractivity contribution in [3.63, 3.8) is 0 Å². The van der Waals surface area contributed by atoms with Crippen LogP contribution in [0.2, 0.25) is 0 Å². The van der Waals surface area contributed by atoms with Crippen molar-refractivity contribution < 1.29 is 9.53 Å². The molecule has 1 fully saturated rings. The number of ether oxygens (including phenoxy) is 1. The van der Waals surface area contributed by atoms with Gasteiger partial charge < -0.3 is 9.64 Å². The summed E-state index contributed by atoms with van der Waals surface area (Å²) in [5.41, 5.74) is 1.47. The van der Waals surface area contributed by atoms with E-state index in [0.29, 0.717) is 12.0 Å². The number of hydrogen-bond acceptors (Lipinski definition) is 4. The highest BCUT2D eigenvalue weighted by Crippen LogP contribution is 2.41. The molecule has 3 nitrogen and oxygen atoms in total. The molecule has 0 atom stereocenters. The second-order valence-corrected chi connectivity index (χ2v) is 7.70. The number of benzene rings is 1. The summed E-state index contributed by atoms with van der Waals surface area (Å²) >= 11 is 1.55. The first-order valence-electron chi connectivity index (χ1n) is 7.95. The van der Waals surface area contributed by atoms with Gasteiger partial charge in [-0.1, -0.05) is 32.0 Å². The van der Waals surface area contributed by atoms with E-state index < -0.39 is 0 Å². The Hall–Kier alpha value is -1.55. The van der Waals surface area contributed by atoms with E-state index >= 15 is 0 Å². The Labute approximate surface area is 135 Å². The van der Waals surface area contributed by atoms with Crippen molar-refractivity contribution >= 4 is 33.1 Å². The van der Waals surface area contributed by atoms with Gasteiger partial charge in [0.2, 0.25) is 0 Å². The largest absolute Gasteiger partial charge is 0.462 e. The van der Waals surface area contributed by atoms with Crippen molar-refractivity contribution in [2.75, 3.05) is 24.6 Å². The fourth-order valence-corrected chi connectivity index (χ4v) is 4.14. The van der Waals surface area contributed by atoms with E-state index in [1.165, 1.54) is 5.39 Å². The van der Waals surface area contributed by atoms with E-state index in [9.17, 15) is 4.79 Å². The van der Waals surface area contributed by atoms with Crippen LogP contribution in [0.5, 0.6) is 0 Å². The molecule has 0 radical (unpaired) electrons. The summed E-state index contributed by atoms with van der Waals surface area (Å²) in [6.07, 6.45) is 2.30. The van der Waals surface area contributed by atoms with Gasteiger partial charge in [-0.25, -0.2) is 4.79 Å². The highest BCUT2D eigenvalue weighted by atomic mass is 32.1. The normalized spacial score (nSPS) is 17.7. The Kier molecular flexibility index (Phi) is 4.13. The molecule has 0 spiro atoms. The van der Waals surface area contributed by atoms with Crippen LogP contribution in [0.4, 0.5) is 5.69 Å². The van der Waals surface area contributed by atoms with Crippen molar-refractivity contribution in [1.82, 2.24) is 0 Å². The maximum Gasteiger partial charge on any atom is 0.350 e. The molecule has 0 amide bonds. The molecule has 1 aromatic heterocycles. The summed E-state index contributed by atoms with van der Waals surface area (Å²) < 4.78 is 6.43. The van der Waals surface area contributed by atoms with Crippen LogP contribution in [0.15, 0.2) is 24.3 Å². The molecule has 0 aliphatic carbocycles. The summed E-state index contributed by atoms with van der Waals surface area (Å²) in [6, 6.07) is 8.27. The minimum atomic E-state index is -0.191. The van der Waals surface area contributed by atoms with E-state index in [0.717, 1.165) is 41.2 Å². The Balaban J connectivity index is 2.02. The molecule has 2 aromatic rings. The summed E-state index contributed by atoms with van der Waals surface area (Å²) in [7, 11) is 0. The molecule has 118 valence electrons. The second-order valence-electron chi connectivity index (χ2n) is 6.65. The Bertz CT molecular complexity index is 679. The SMILES string of the molecule is CCOC(=O)c1sc2ccccc2c1N1CCC(C)(C)CC1. The molecular weight excluding hydrogens is 294 g/mol. The van der Waals surface area contributed by atoms with Gasteiger partial charge in [-0.05, 0) is 31.2 Å². The minimum absolute atomic E-state index is 0.191. The molecular formula is C18H23NO2S. The predicted octanol–water partition coefficient (Wildman–Crippen LogP) is 4.70. The third-order valence-corrected chi connectivity index (χ3v) is 5.60. The summed E-state index contributed by atoms with van der Waals surface area (Å²) in [5, 5.41) is 1.18. The zero-order valence-corrected chi connectivity index (χ0v) is 14.3. The van der Waals surface area contributed by atoms with Crippen LogP contribution in [0.3, 0.4) is 0 Å². The van der Waals surface area contributed by atoms with Crippen molar-refractivity contribution in [3.05, 3.63) is 29.1 Å². The van der Waals surface area contributed by atoms with Gasteiger partial charge in [-0.3, -0.25) is 0 Å². The molecule has 3 rings (SSSR count). The lowest BCUT2D eigenvalue weighted by Crippen LogP contribution is -2.37. The maximum atomic E-state index is 12.4. The highest BCUT2D eigenvalue weighted by Gasteiger charge is 2.30. The second kappa shape index (κ2) is 5.92. The molecule has 1 saturated heterocycles. The third kappa shape index (κ3) is 2.84. The number of nitrogens with zero attached hydrogens (tertiary/aromatic N) is 1. The van der Waals surface area contributed by atoms with Gasteiger partial charge in [0.25, 0.3) is 0 Å². The van der Waals surface area contributed by atoms with Crippen LogP contribution in [0, 0.1) is 5.41 Å². The van der Waals surface area contributed by atoms with Crippen LogP contribution < -0.4 is 4.90 Å². The van der Waals surface area contributed by atoms with E-state index in [-0.39, 0.29) is 5.97 Å². The maximum absolute atomic E-state index is 12.4. The monoisotopic (exact) mass is 317 g/mol. The molecule has 1 aromatic carbocycles. The van der Waals surface area contributed by atoms with Gasteiger partial charge in [-0.2, -0.15) is 0 Å². The van der Waals surface area contributed by atoms with E-state index in [1.807, 2.05) is 19.1 Å². The molecule has 0 unspecified atom stereocenters. The van der Waals surface area contributed by atoms with Crippen LogP contribution in [0.1, 0.15) is 43.3 Å². The lowest BCUT2D eigenvalue weighted by molar-refractivity contribution is 0.0532. The average molecular weight is 317 g/mol. The quantitative estimate of drug-likeness (QED) is 0.768. The fraction of sp³-hybridized carbons (Fsp3) is 0.500. The molecule has 0 saturated carbocycles. The number of hydrogen-bond donors (Lipinski definition) is 0. The van der Waals surface area contributed by atoms with Crippen LogP contribution >= 0.6 is 11.3 Å². The van der Waals surface area contributed by atoms with Gasteiger partial charge in [0, 0.05) is 23.2 Å². The Morgan fingerprint density at radius 3 is 2.64 bits per heavy atom. The zero-order chi connectivity index (χ0) is 15.7. The minimum Gasteiger partial charge on any atom is -0.462 e. The van der Waals surface area contributed by atoms with Gasteiger partial charge in [-0.15, -0.1) is 11.3 Å². The topological polar surface area (TPSA) is 29.5 Å². The predicted molar refractivity (Wildman–Crippen MR) is 93.0 cm³/mol. The van der Waals surface area contributed by atoms with Crippen LogP contribution in [-0.2, 0) is 4.74 Å². The van der Waals surface area contributed by atoms with Crippen molar-refractivity contribution in [2.45, 2.75) is 33.6 Å². The smallest absolute Gasteiger partial charge is 0.350 e. The van der Waals surface area contributed by atoms with Crippen molar-refractivity contribution in [1.29, 1.82) is 0 Å².